The second kappa shape index (κ2) is 2.45. The van der Waals surface area contributed by atoms with Crippen molar-refractivity contribution in [1.29, 1.82) is 0 Å². The summed E-state index contributed by atoms with van der Waals surface area (Å²) in [5.41, 5.74) is 6.23. The lowest BCUT2D eigenvalue weighted by atomic mass is 10.3. The molecule has 5 heteroatoms. The molecule has 0 unspecified atom stereocenters. The molecule has 0 aliphatic rings. The van der Waals surface area contributed by atoms with Crippen LogP contribution in [-0.4, -0.2) is 9.97 Å². The van der Waals surface area contributed by atoms with Crippen LogP contribution < -0.4 is 5.73 Å². The van der Waals surface area contributed by atoms with Crippen LogP contribution in [0.25, 0.3) is 11.0 Å². The van der Waals surface area contributed by atoms with Gasteiger partial charge in [-0.15, -0.1) is 0 Å². The van der Waals surface area contributed by atoms with Crippen LogP contribution in [0.2, 0.25) is 0 Å². The van der Waals surface area contributed by atoms with Gasteiger partial charge in [-0.2, -0.15) is 0 Å². The molecule has 0 saturated carbocycles. The molecule has 0 fully saturated rings. The fourth-order valence-corrected chi connectivity index (χ4v) is 1.46. The molecule has 2 aromatic rings. The molecule has 1 aromatic heterocycles. The topological polar surface area (TPSA) is 54.7 Å². The van der Waals surface area contributed by atoms with Gasteiger partial charge in [-0.25, -0.2) is 9.37 Å². The fourth-order valence-electron chi connectivity index (χ4n) is 1.05. The Morgan fingerprint density at radius 1 is 1.50 bits per heavy atom. The number of nitrogens with zero attached hydrogens (tertiary/aromatic N) is 1. The third kappa shape index (κ3) is 0.972. The first-order chi connectivity index (χ1) is 5.68. The Balaban J connectivity index is 2.93. The molecule has 0 saturated heterocycles. The van der Waals surface area contributed by atoms with Gasteiger partial charge >= 0.3 is 0 Å². The summed E-state index contributed by atoms with van der Waals surface area (Å²) in [6, 6.07) is 2.95. The van der Waals surface area contributed by atoms with Gasteiger partial charge in [-0.3, -0.25) is 0 Å². The predicted molar refractivity (Wildman–Crippen MR) is 48.2 cm³/mol. The third-order valence-electron chi connectivity index (χ3n) is 1.56. The van der Waals surface area contributed by atoms with Gasteiger partial charge < -0.3 is 10.7 Å². The number of imidazole rings is 1. The molecule has 3 nitrogen and oxygen atoms in total. The maximum atomic E-state index is 13.0. The number of benzene rings is 1. The summed E-state index contributed by atoms with van der Waals surface area (Å²) in [6.45, 7) is 0. The summed E-state index contributed by atoms with van der Waals surface area (Å²) in [5.74, 6) is -0.156. The van der Waals surface area contributed by atoms with E-state index in [4.69, 9.17) is 5.73 Å². The van der Waals surface area contributed by atoms with Crippen molar-refractivity contribution in [3.8, 4) is 0 Å². The molecule has 0 amide bonds. The van der Waals surface area contributed by atoms with E-state index < -0.39 is 0 Å². The van der Waals surface area contributed by atoms with Crippen molar-refractivity contribution in [1.82, 2.24) is 9.97 Å². The van der Waals surface area contributed by atoms with E-state index in [9.17, 15) is 4.39 Å². The van der Waals surface area contributed by atoms with E-state index in [2.05, 4.69) is 25.9 Å². The van der Waals surface area contributed by atoms with Gasteiger partial charge in [0.2, 0.25) is 0 Å². The highest BCUT2D eigenvalue weighted by Crippen LogP contribution is 2.24. The first-order valence-corrected chi connectivity index (χ1v) is 4.07. The van der Waals surface area contributed by atoms with Crippen molar-refractivity contribution in [2.75, 3.05) is 5.73 Å². The van der Waals surface area contributed by atoms with Crippen LogP contribution in [0, 0.1) is 5.82 Å². The minimum Gasteiger partial charge on any atom is -0.369 e. The summed E-state index contributed by atoms with van der Waals surface area (Å²) in [4.78, 5) is 6.54. The SMILES string of the molecule is Nc1nc2c(F)ccc(Br)c2[nH]1. The van der Waals surface area contributed by atoms with Crippen LogP contribution in [0.15, 0.2) is 16.6 Å². The summed E-state index contributed by atoms with van der Waals surface area (Å²) in [6.07, 6.45) is 0. The van der Waals surface area contributed by atoms with Crippen molar-refractivity contribution in [2.24, 2.45) is 0 Å². The number of H-pyrrole nitrogens is 1. The number of aromatic nitrogens is 2. The van der Waals surface area contributed by atoms with Crippen LogP contribution in [0.1, 0.15) is 0 Å². The summed E-state index contributed by atoms with van der Waals surface area (Å²) >= 11 is 3.25. The number of nitrogen functional groups attached to an aromatic ring is 1. The zero-order valence-electron chi connectivity index (χ0n) is 5.94. The van der Waals surface area contributed by atoms with Crippen LogP contribution in [-0.2, 0) is 0 Å². The monoisotopic (exact) mass is 229 g/mol. The van der Waals surface area contributed by atoms with Crippen molar-refractivity contribution in [2.45, 2.75) is 0 Å². The minimum absolute atomic E-state index is 0.218. The number of hydrogen-bond acceptors (Lipinski definition) is 2. The Morgan fingerprint density at radius 3 is 2.92 bits per heavy atom. The van der Waals surface area contributed by atoms with Gasteiger partial charge in [0.1, 0.15) is 5.52 Å². The smallest absolute Gasteiger partial charge is 0.198 e. The van der Waals surface area contributed by atoms with Crippen LogP contribution >= 0.6 is 15.9 Å². The van der Waals surface area contributed by atoms with Crippen molar-refractivity contribution >= 4 is 32.9 Å². The lowest BCUT2D eigenvalue weighted by Gasteiger charge is -1.92. The van der Waals surface area contributed by atoms with E-state index >= 15 is 0 Å². The number of halogens is 2. The number of aromatic amines is 1. The first-order valence-electron chi connectivity index (χ1n) is 3.27. The molecule has 1 aromatic carbocycles. The highest BCUT2D eigenvalue weighted by atomic mass is 79.9. The number of nitrogens with two attached hydrogens (primary N) is 1. The molecule has 12 heavy (non-hydrogen) atoms. The number of anilines is 1. The molecule has 1 heterocycles. The second-order valence-electron chi connectivity index (χ2n) is 2.37. The van der Waals surface area contributed by atoms with Crippen molar-refractivity contribution in [3.05, 3.63) is 22.4 Å². The van der Waals surface area contributed by atoms with Gasteiger partial charge in [0.25, 0.3) is 0 Å². The second-order valence-corrected chi connectivity index (χ2v) is 3.23. The number of nitrogens with one attached hydrogen (secondary N) is 1. The molecular formula is C7H5BrFN3. The first kappa shape index (κ1) is 7.54. The van der Waals surface area contributed by atoms with Gasteiger partial charge in [-0.1, -0.05) is 0 Å². The Bertz CT molecular complexity index is 398. The molecule has 0 aliphatic heterocycles. The molecule has 0 atom stereocenters. The van der Waals surface area contributed by atoms with E-state index in [1.807, 2.05) is 0 Å². The fraction of sp³-hybridized carbons (Fsp3) is 0. The molecule has 3 N–H and O–H groups in total. The molecule has 0 spiro atoms. The normalized spacial score (nSPS) is 10.8. The Labute approximate surface area is 75.9 Å². The Hall–Kier alpha value is -1.10. The average molecular weight is 230 g/mol. The zero-order valence-corrected chi connectivity index (χ0v) is 7.52. The predicted octanol–water partition coefficient (Wildman–Crippen LogP) is 2.05. The quantitative estimate of drug-likeness (QED) is 0.727. The molecule has 2 rings (SSSR count). The van der Waals surface area contributed by atoms with Crippen LogP contribution in [0.5, 0.6) is 0 Å². The summed E-state index contributed by atoms with van der Waals surface area (Å²) < 4.78 is 13.8. The number of rotatable bonds is 0. The highest BCUT2D eigenvalue weighted by Gasteiger charge is 2.07. The Morgan fingerprint density at radius 2 is 2.25 bits per heavy atom. The Kier molecular flexibility index (Phi) is 1.54. The van der Waals surface area contributed by atoms with Crippen molar-refractivity contribution in [3.63, 3.8) is 0 Å². The van der Waals surface area contributed by atoms with E-state index in [0.29, 0.717) is 5.52 Å². The van der Waals surface area contributed by atoms with E-state index in [1.165, 1.54) is 6.07 Å². The van der Waals surface area contributed by atoms with Crippen LogP contribution in [0.4, 0.5) is 10.3 Å². The largest absolute Gasteiger partial charge is 0.369 e. The van der Waals surface area contributed by atoms with Gasteiger partial charge in [0.15, 0.2) is 11.8 Å². The zero-order chi connectivity index (χ0) is 8.72. The van der Waals surface area contributed by atoms with Crippen LogP contribution in [0.3, 0.4) is 0 Å². The maximum Gasteiger partial charge on any atom is 0.198 e. The lowest BCUT2D eigenvalue weighted by Crippen LogP contribution is -1.84. The van der Waals surface area contributed by atoms with Gasteiger partial charge in [0.05, 0.1) is 5.52 Å². The van der Waals surface area contributed by atoms with Gasteiger partial charge in [-0.05, 0) is 28.1 Å². The number of hydrogen-bond donors (Lipinski definition) is 2. The molecule has 62 valence electrons. The summed E-state index contributed by atoms with van der Waals surface area (Å²) in [7, 11) is 0. The molecule has 0 radical (unpaired) electrons. The van der Waals surface area contributed by atoms with E-state index in [0.717, 1.165) is 4.47 Å². The van der Waals surface area contributed by atoms with Gasteiger partial charge in [0, 0.05) is 4.47 Å². The number of fused-ring (bicyclic) bond motifs is 1. The van der Waals surface area contributed by atoms with E-state index in [-0.39, 0.29) is 17.3 Å². The third-order valence-corrected chi connectivity index (χ3v) is 2.22. The van der Waals surface area contributed by atoms with E-state index in [1.54, 1.807) is 6.07 Å². The molecule has 0 bridgehead atoms. The molecular weight excluding hydrogens is 225 g/mol. The summed E-state index contributed by atoms with van der Waals surface area (Å²) in [5, 5.41) is 0. The van der Waals surface area contributed by atoms with Crippen molar-refractivity contribution < 1.29 is 4.39 Å². The maximum absolute atomic E-state index is 13.0. The average Bonchev–Trinajstić information content (AvgIpc) is 2.41. The lowest BCUT2D eigenvalue weighted by molar-refractivity contribution is 0.637. The molecule has 0 aliphatic carbocycles. The standard InChI is InChI=1S/C7H5BrFN3/c8-3-1-2-4(9)6-5(3)11-7(10)12-6/h1-2H,(H3,10,11,12). The highest BCUT2D eigenvalue weighted by molar-refractivity contribution is 9.10. The minimum atomic E-state index is -0.374.